The quantitative estimate of drug-likeness (QED) is 0.811. The summed E-state index contributed by atoms with van der Waals surface area (Å²) >= 11 is 0. The lowest BCUT2D eigenvalue weighted by molar-refractivity contribution is -0.142. The van der Waals surface area contributed by atoms with Crippen LogP contribution in [0.25, 0.3) is 0 Å². The Kier molecular flexibility index (Phi) is 3.25. The number of carboxylic acid groups (broad SMARTS) is 1. The Morgan fingerprint density at radius 1 is 1.35 bits per heavy atom. The molecule has 20 heavy (non-hydrogen) atoms. The van der Waals surface area contributed by atoms with Gasteiger partial charge >= 0.3 is 12.0 Å². The molecule has 1 atom stereocenters. The van der Waals surface area contributed by atoms with Crippen LogP contribution in [0.2, 0.25) is 0 Å². The largest absolute Gasteiger partial charge is 0.480 e. The molecule has 0 saturated carbocycles. The Balaban J connectivity index is 2.46. The standard InChI is InChI=1S/C14H16N2O4/c1-8-4-5-9(2)10(6-8)14(3)12(19)16(7-11(17)18)13(20)15-14/h4-6H,7H2,1-3H3,(H,15,20)(H,17,18). The van der Waals surface area contributed by atoms with Gasteiger partial charge in [-0.25, -0.2) is 4.79 Å². The first kappa shape index (κ1) is 14.0. The summed E-state index contributed by atoms with van der Waals surface area (Å²) in [5, 5.41) is 11.4. The summed E-state index contributed by atoms with van der Waals surface area (Å²) in [5.74, 6) is -1.77. The van der Waals surface area contributed by atoms with Crippen molar-refractivity contribution in [3.8, 4) is 0 Å². The summed E-state index contributed by atoms with van der Waals surface area (Å²) in [6, 6.07) is 4.94. The van der Waals surface area contributed by atoms with Crippen LogP contribution in [-0.2, 0) is 15.1 Å². The predicted molar refractivity (Wildman–Crippen MR) is 71.1 cm³/mol. The van der Waals surface area contributed by atoms with Crippen LogP contribution < -0.4 is 5.32 Å². The third-order valence-corrected chi connectivity index (χ3v) is 3.50. The summed E-state index contributed by atoms with van der Waals surface area (Å²) in [6.07, 6.45) is 0. The zero-order valence-corrected chi connectivity index (χ0v) is 11.6. The molecule has 0 aliphatic carbocycles. The first-order valence-electron chi connectivity index (χ1n) is 6.19. The maximum Gasteiger partial charge on any atom is 0.325 e. The van der Waals surface area contributed by atoms with Crippen LogP contribution in [0.15, 0.2) is 18.2 Å². The average Bonchev–Trinajstić information content (AvgIpc) is 2.56. The van der Waals surface area contributed by atoms with Crippen molar-refractivity contribution in [2.75, 3.05) is 6.54 Å². The van der Waals surface area contributed by atoms with Crippen molar-refractivity contribution in [3.63, 3.8) is 0 Å². The van der Waals surface area contributed by atoms with E-state index in [-0.39, 0.29) is 0 Å². The number of aliphatic carboxylic acids is 1. The summed E-state index contributed by atoms with van der Waals surface area (Å²) in [5.41, 5.74) is 1.29. The molecule has 1 aromatic rings. The van der Waals surface area contributed by atoms with Crippen LogP contribution in [0.1, 0.15) is 23.6 Å². The van der Waals surface area contributed by atoms with E-state index in [2.05, 4.69) is 5.32 Å². The van der Waals surface area contributed by atoms with Crippen LogP contribution >= 0.6 is 0 Å². The number of amides is 3. The highest BCUT2D eigenvalue weighted by atomic mass is 16.4. The van der Waals surface area contributed by atoms with Gasteiger partial charge in [-0.3, -0.25) is 14.5 Å². The number of aryl methyl sites for hydroxylation is 2. The van der Waals surface area contributed by atoms with Crippen molar-refractivity contribution < 1.29 is 19.5 Å². The van der Waals surface area contributed by atoms with E-state index in [1.54, 1.807) is 6.92 Å². The van der Waals surface area contributed by atoms with Crippen molar-refractivity contribution in [1.82, 2.24) is 10.2 Å². The zero-order valence-electron chi connectivity index (χ0n) is 11.6. The molecule has 0 spiro atoms. The fourth-order valence-corrected chi connectivity index (χ4v) is 2.43. The van der Waals surface area contributed by atoms with Crippen molar-refractivity contribution in [2.24, 2.45) is 0 Å². The maximum atomic E-state index is 12.4. The van der Waals surface area contributed by atoms with E-state index in [1.807, 2.05) is 32.0 Å². The molecule has 1 fully saturated rings. The highest BCUT2D eigenvalue weighted by Gasteiger charge is 2.50. The normalized spacial score (nSPS) is 22.1. The lowest BCUT2D eigenvalue weighted by Gasteiger charge is -2.24. The molecular formula is C14H16N2O4. The van der Waals surface area contributed by atoms with E-state index in [9.17, 15) is 14.4 Å². The van der Waals surface area contributed by atoms with E-state index >= 15 is 0 Å². The predicted octanol–water partition coefficient (Wildman–Crippen LogP) is 1.16. The molecule has 106 valence electrons. The second kappa shape index (κ2) is 4.63. The molecule has 1 aromatic carbocycles. The molecule has 2 N–H and O–H groups in total. The molecule has 6 nitrogen and oxygen atoms in total. The average molecular weight is 276 g/mol. The number of benzene rings is 1. The molecule has 0 bridgehead atoms. The molecular weight excluding hydrogens is 260 g/mol. The van der Waals surface area contributed by atoms with Crippen LogP contribution in [0, 0.1) is 13.8 Å². The Morgan fingerprint density at radius 2 is 2.00 bits per heavy atom. The maximum absolute atomic E-state index is 12.4. The van der Waals surface area contributed by atoms with Gasteiger partial charge in [0.1, 0.15) is 12.1 Å². The SMILES string of the molecule is Cc1ccc(C)c(C2(C)NC(=O)N(CC(=O)O)C2=O)c1. The third kappa shape index (κ3) is 2.13. The van der Waals surface area contributed by atoms with Gasteiger partial charge < -0.3 is 10.4 Å². The summed E-state index contributed by atoms with van der Waals surface area (Å²) < 4.78 is 0. The van der Waals surface area contributed by atoms with Gasteiger partial charge in [0.2, 0.25) is 0 Å². The number of rotatable bonds is 3. The van der Waals surface area contributed by atoms with E-state index in [0.717, 1.165) is 16.0 Å². The Hall–Kier alpha value is -2.37. The number of carbonyl (C=O) groups is 3. The number of hydrogen-bond donors (Lipinski definition) is 2. The Morgan fingerprint density at radius 3 is 2.60 bits per heavy atom. The second-order valence-corrected chi connectivity index (χ2v) is 5.16. The molecule has 3 amide bonds. The van der Waals surface area contributed by atoms with Crippen molar-refractivity contribution in [1.29, 1.82) is 0 Å². The molecule has 2 rings (SSSR count). The molecule has 6 heteroatoms. The Bertz CT molecular complexity index is 611. The minimum Gasteiger partial charge on any atom is -0.480 e. The van der Waals surface area contributed by atoms with E-state index in [0.29, 0.717) is 5.56 Å². The zero-order chi connectivity index (χ0) is 15.1. The topological polar surface area (TPSA) is 86.7 Å². The van der Waals surface area contributed by atoms with Crippen LogP contribution in [0.4, 0.5) is 4.79 Å². The number of carbonyl (C=O) groups excluding carboxylic acids is 2. The van der Waals surface area contributed by atoms with E-state index in [1.165, 1.54) is 0 Å². The van der Waals surface area contributed by atoms with Gasteiger partial charge in [-0.1, -0.05) is 23.8 Å². The van der Waals surface area contributed by atoms with Gasteiger partial charge in [0.15, 0.2) is 0 Å². The molecule has 1 heterocycles. The number of nitrogens with one attached hydrogen (secondary N) is 1. The molecule has 1 unspecified atom stereocenters. The van der Waals surface area contributed by atoms with Gasteiger partial charge in [-0.2, -0.15) is 0 Å². The van der Waals surface area contributed by atoms with E-state index in [4.69, 9.17) is 5.11 Å². The lowest BCUT2D eigenvalue weighted by Crippen LogP contribution is -2.42. The third-order valence-electron chi connectivity index (χ3n) is 3.50. The van der Waals surface area contributed by atoms with Gasteiger partial charge in [-0.15, -0.1) is 0 Å². The van der Waals surface area contributed by atoms with Gasteiger partial charge in [0, 0.05) is 0 Å². The Labute approximate surface area is 116 Å². The summed E-state index contributed by atoms with van der Waals surface area (Å²) in [6.45, 7) is 4.70. The minimum atomic E-state index is -1.22. The number of hydrogen-bond acceptors (Lipinski definition) is 3. The van der Waals surface area contributed by atoms with Crippen molar-refractivity contribution in [2.45, 2.75) is 26.3 Å². The van der Waals surface area contributed by atoms with Gasteiger partial charge in [-0.05, 0) is 31.9 Å². The molecule has 0 aromatic heterocycles. The fraction of sp³-hybridized carbons (Fsp3) is 0.357. The highest BCUT2D eigenvalue weighted by molar-refractivity contribution is 6.08. The van der Waals surface area contributed by atoms with Gasteiger partial charge in [0.05, 0.1) is 0 Å². The van der Waals surface area contributed by atoms with Gasteiger partial charge in [0.25, 0.3) is 5.91 Å². The first-order chi connectivity index (χ1) is 9.25. The van der Waals surface area contributed by atoms with Crippen LogP contribution in [-0.4, -0.2) is 34.5 Å². The van der Waals surface area contributed by atoms with Crippen LogP contribution in [0.5, 0.6) is 0 Å². The second-order valence-electron chi connectivity index (χ2n) is 5.16. The monoisotopic (exact) mass is 276 g/mol. The smallest absolute Gasteiger partial charge is 0.325 e. The number of nitrogens with zero attached hydrogens (tertiary/aromatic N) is 1. The highest BCUT2D eigenvalue weighted by Crippen LogP contribution is 2.31. The number of carboxylic acids is 1. The lowest BCUT2D eigenvalue weighted by atomic mass is 9.87. The minimum absolute atomic E-state index is 0.543. The number of urea groups is 1. The van der Waals surface area contributed by atoms with Crippen LogP contribution in [0.3, 0.4) is 0 Å². The summed E-state index contributed by atoms with van der Waals surface area (Å²) in [4.78, 5) is 35.7. The molecule has 0 radical (unpaired) electrons. The first-order valence-corrected chi connectivity index (χ1v) is 6.19. The van der Waals surface area contributed by atoms with E-state index < -0.39 is 30.0 Å². The number of imide groups is 1. The summed E-state index contributed by atoms with van der Waals surface area (Å²) in [7, 11) is 0. The fourth-order valence-electron chi connectivity index (χ4n) is 2.43. The molecule has 1 saturated heterocycles. The van der Waals surface area contributed by atoms with Crippen molar-refractivity contribution >= 4 is 17.9 Å². The van der Waals surface area contributed by atoms with Crippen molar-refractivity contribution in [3.05, 3.63) is 34.9 Å². The molecule has 1 aliphatic rings. The molecule has 1 aliphatic heterocycles.